The molecule has 2 atom stereocenters. The number of hydrogen-bond donors (Lipinski definition) is 1. The van der Waals surface area contributed by atoms with Crippen molar-refractivity contribution >= 4 is 5.91 Å². The Kier molecular flexibility index (Phi) is 4.56. The second kappa shape index (κ2) is 7.24. The molecule has 7 heteroatoms. The molecule has 1 N–H and O–H groups in total. The minimum absolute atomic E-state index is 0.0564. The van der Waals surface area contributed by atoms with Gasteiger partial charge in [0.15, 0.2) is 11.5 Å². The number of rotatable bonds is 4. The number of hydrogen-bond acceptors (Lipinski definition) is 6. The van der Waals surface area contributed by atoms with Crippen LogP contribution in [0.15, 0.2) is 42.5 Å². The van der Waals surface area contributed by atoms with E-state index in [-0.39, 0.29) is 25.4 Å². The average Bonchev–Trinajstić information content (AvgIpc) is 3.22. The molecule has 0 radical (unpaired) electrons. The Hall–Kier alpha value is -2.77. The van der Waals surface area contributed by atoms with Crippen LogP contribution in [0.25, 0.3) is 0 Å². The van der Waals surface area contributed by atoms with Crippen LogP contribution in [0.5, 0.6) is 17.2 Å². The summed E-state index contributed by atoms with van der Waals surface area (Å²) >= 11 is 0. The van der Waals surface area contributed by atoms with E-state index in [4.69, 9.17) is 18.9 Å². The van der Waals surface area contributed by atoms with Gasteiger partial charge in [-0.15, -0.1) is 0 Å². The second-order valence-corrected chi connectivity index (χ2v) is 7.70. The lowest BCUT2D eigenvalue weighted by atomic mass is 9.77. The summed E-state index contributed by atoms with van der Waals surface area (Å²) in [6, 6.07) is 14.1. The summed E-state index contributed by atoms with van der Waals surface area (Å²) in [6.07, 6.45) is 0.682. The summed E-state index contributed by atoms with van der Waals surface area (Å²) in [5, 5.41) is 3.24. The molecule has 3 aliphatic heterocycles. The minimum atomic E-state index is -0.473. The van der Waals surface area contributed by atoms with Crippen molar-refractivity contribution in [2.75, 3.05) is 33.6 Å². The van der Waals surface area contributed by atoms with E-state index >= 15 is 0 Å². The molecule has 1 amide bonds. The van der Waals surface area contributed by atoms with Crippen LogP contribution in [-0.4, -0.2) is 50.5 Å². The fourth-order valence-corrected chi connectivity index (χ4v) is 4.59. The molecule has 2 fully saturated rings. The zero-order valence-electron chi connectivity index (χ0n) is 16.3. The molecule has 0 spiro atoms. The average molecular weight is 396 g/mol. The zero-order chi connectivity index (χ0) is 19.8. The van der Waals surface area contributed by atoms with E-state index < -0.39 is 5.54 Å². The van der Waals surface area contributed by atoms with Gasteiger partial charge in [0.1, 0.15) is 6.61 Å². The third-order valence-corrected chi connectivity index (χ3v) is 5.99. The van der Waals surface area contributed by atoms with Gasteiger partial charge in [0.2, 0.25) is 18.4 Å². The lowest BCUT2D eigenvalue weighted by Gasteiger charge is -2.50. The van der Waals surface area contributed by atoms with Crippen LogP contribution in [0.3, 0.4) is 0 Å². The molecule has 7 nitrogen and oxygen atoms in total. The van der Waals surface area contributed by atoms with Gasteiger partial charge in [-0.1, -0.05) is 30.3 Å². The summed E-state index contributed by atoms with van der Waals surface area (Å²) < 4.78 is 22.5. The quantitative estimate of drug-likeness (QED) is 0.853. The maximum absolute atomic E-state index is 12.2. The number of carbonyl (C=O) groups excluding carboxylic acids is 1. The highest BCUT2D eigenvalue weighted by molar-refractivity contribution is 5.79. The molecule has 29 heavy (non-hydrogen) atoms. The Morgan fingerprint density at radius 1 is 1.24 bits per heavy atom. The number of nitrogens with zero attached hydrogens (tertiary/aromatic N) is 1. The van der Waals surface area contributed by atoms with Gasteiger partial charge in [-0.25, -0.2) is 0 Å². The fourth-order valence-electron chi connectivity index (χ4n) is 4.59. The van der Waals surface area contributed by atoms with Crippen LogP contribution in [0.2, 0.25) is 0 Å². The third kappa shape index (κ3) is 3.20. The summed E-state index contributed by atoms with van der Waals surface area (Å²) in [6.45, 7) is 2.63. The molecule has 2 saturated heterocycles. The summed E-state index contributed by atoms with van der Waals surface area (Å²) in [7, 11) is 1.63. The highest BCUT2D eigenvalue weighted by Gasteiger charge is 2.49. The van der Waals surface area contributed by atoms with E-state index in [1.54, 1.807) is 7.11 Å². The van der Waals surface area contributed by atoms with Gasteiger partial charge in [0, 0.05) is 19.6 Å². The first-order chi connectivity index (χ1) is 14.2. The van der Waals surface area contributed by atoms with Crippen LogP contribution in [0.1, 0.15) is 17.5 Å². The van der Waals surface area contributed by atoms with Gasteiger partial charge < -0.3 is 24.3 Å². The Bertz CT molecular complexity index is 919. The van der Waals surface area contributed by atoms with Gasteiger partial charge in [-0.3, -0.25) is 9.69 Å². The number of morpholine rings is 1. The first kappa shape index (κ1) is 18.3. The molecule has 0 saturated carbocycles. The standard InChI is InChI=1S/C22H24N2O5/c1-26-17-9-15(10-18-21(17)29-14-28-18)11-24-8-7-22(16-5-3-2-4-6-16)19(12-24)27-13-20(25)23-22/h2-6,9-10,19H,7-8,11-14H2,1H3,(H,23,25)/t19-,22+/m1/s1. The number of carbonyl (C=O) groups is 1. The van der Waals surface area contributed by atoms with Crippen molar-refractivity contribution in [1.82, 2.24) is 10.2 Å². The van der Waals surface area contributed by atoms with Gasteiger partial charge >= 0.3 is 0 Å². The first-order valence-corrected chi connectivity index (χ1v) is 9.85. The van der Waals surface area contributed by atoms with Gasteiger partial charge in [-0.2, -0.15) is 0 Å². The molecule has 0 aromatic heterocycles. The zero-order valence-corrected chi connectivity index (χ0v) is 16.3. The number of methoxy groups -OCH3 is 1. The van der Waals surface area contributed by atoms with Gasteiger partial charge in [-0.05, 0) is 29.7 Å². The fraction of sp³-hybridized carbons (Fsp3) is 0.409. The van der Waals surface area contributed by atoms with Gasteiger partial charge in [0.05, 0.1) is 18.8 Å². The van der Waals surface area contributed by atoms with Crippen LogP contribution in [0.4, 0.5) is 0 Å². The number of piperidine rings is 1. The van der Waals surface area contributed by atoms with E-state index in [1.165, 1.54) is 0 Å². The molecular weight excluding hydrogens is 372 g/mol. The number of ether oxygens (including phenoxy) is 4. The van der Waals surface area contributed by atoms with Crippen molar-refractivity contribution < 1.29 is 23.7 Å². The maximum atomic E-state index is 12.2. The smallest absolute Gasteiger partial charge is 0.246 e. The van der Waals surface area contributed by atoms with E-state index in [0.29, 0.717) is 11.5 Å². The minimum Gasteiger partial charge on any atom is -0.493 e. The van der Waals surface area contributed by atoms with Crippen molar-refractivity contribution in [3.05, 3.63) is 53.6 Å². The predicted molar refractivity (Wildman–Crippen MR) is 105 cm³/mol. The van der Waals surface area contributed by atoms with E-state index in [0.717, 1.165) is 42.9 Å². The molecule has 0 unspecified atom stereocenters. The number of nitrogens with one attached hydrogen (secondary N) is 1. The molecule has 0 aliphatic carbocycles. The lowest BCUT2D eigenvalue weighted by Crippen LogP contribution is -2.66. The SMILES string of the molecule is COc1cc(CN2CC[C@@]3(c4ccccc4)NC(=O)CO[C@@H]3C2)cc2c1OCO2. The maximum Gasteiger partial charge on any atom is 0.246 e. The van der Waals surface area contributed by atoms with Crippen LogP contribution in [-0.2, 0) is 21.6 Å². The first-order valence-electron chi connectivity index (χ1n) is 9.85. The van der Waals surface area contributed by atoms with Crippen molar-refractivity contribution in [3.63, 3.8) is 0 Å². The molecule has 3 heterocycles. The third-order valence-electron chi connectivity index (χ3n) is 5.99. The number of fused-ring (bicyclic) bond motifs is 2. The van der Waals surface area contributed by atoms with E-state index in [2.05, 4.69) is 22.3 Å². The normalized spacial score (nSPS) is 26.0. The summed E-state index contributed by atoms with van der Waals surface area (Å²) in [4.78, 5) is 14.5. The monoisotopic (exact) mass is 396 g/mol. The van der Waals surface area contributed by atoms with Crippen molar-refractivity contribution in [3.8, 4) is 17.2 Å². The van der Waals surface area contributed by atoms with Crippen LogP contribution >= 0.6 is 0 Å². The van der Waals surface area contributed by atoms with Crippen molar-refractivity contribution in [2.45, 2.75) is 24.6 Å². The number of benzene rings is 2. The van der Waals surface area contributed by atoms with E-state index in [1.807, 2.05) is 30.3 Å². The predicted octanol–water partition coefficient (Wildman–Crippen LogP) is 2.04. The summed E-state index contributed by atoms with van der Waals surface area (Å²) in [5.41, 5.74) is 1.72. The molecule has 152 valence electrons. The molecule has 0 bridgehead atoms. The molecular formula is C22H24N2O5. The van der Waals surface area contributed by atoms with Crippen LogP contribution in [0, 0.1) is 0 Å². The van der Waals surface area contributed by atoms with Crippen LogP contribution < -0.4 is 19.5 Å². The van der Waals surface area contributed by atoms with Gasteiger partial charge in [0.25, 0.3) is 0 Å². The van der Waals surface area contributed by atoms with E-state index in [9.17, 15) is 4.79 Å². The Labute approximate surface area is 169 Å². The van der Waals surface area contributed by atoms with Crippen molar-refractivity contribution in [1.29, 1.82) is 0 Å². The second-order valence-electron chi connectivity index (χ2n) is 7.70. The molecule has 5 rings (SSSR count). The molecule has 2 aromatic rings. The lowest BCUT2D eigenvalue weighted by molar-refractivity contribution is -0.152. The Balaban J connectivity index is 1.38. The Morgan fingerprint density at radius 2 is 2.10 bits per heavy atom. The van der Waals surface area contributed by atoms with Crippen molar-refractivity contribution in [2.24, 2.45) is 0 Å². The highest BCUT2D eigenvalue weighted by atomic mass is 16.7. The topological polar surface area (TPSA) is 69.3 Å². The molecule has 3 aliphatic rings. The Morgan fingerprint density at radius 3 is 2.93 bits per heavy atom. The number of amides is 1. The largest absolute Gasteiger partial charge is 0.493 e. The summed E-state index contributed by atoms with van der Waals surface area (Å²) in [5.74, 6) is 2.01. The molecule has 2 aromatic carbocycles. The highest BCUT2D eigenvalue weighted by Crippen LogP contribution is 2.43. The number of likely N-dealkylation sites (tertiary alicyclic amines) is 1.